The standard InChI is InChI=1S/C21H23NO2/c1-5-8-18-13-17(14-20(23-4)21(18)24-11-6-2)15-22-19-10-7-9-16(3)12-19/h2,5,7,9-10,12-14,22H,1,8,11,15H2,3-4H3. The maximum Gasteiger partial charge on any atom is 0.166 e. The molecule has 2 rings (SSSR count). The van der Waals surface area contributed by atoms with E-state index >= 15 is 0 Å². The second-order valence-corrected chi connectivity index (χ2v) is 5.49. The Hall–Kier alpha value is -2.86. The van der Waals surface area contributed by atoms with E-state index in [0.29, 0.717) is 24.5 Å². The average Bonchev–Trinajstić information content (AvgIpc) is 2.59. The minimum atomic E-state index is 0.210. The first kappa shape index (κ1) is 17.5. The van der Waals surface area contributed by atoms with E-state index in [-0.39, 0.29) is 6.61 Å². The molecule has 0 aromatic heterocycles. The van der Waals surface area contributed by atoms with Gasteiger partial charge in [-0.1, -0.05) is 24.1 Å². The molecular formula is C21H23NO2. The van der Waals surface area contributed by atoms with Gasteiger partial charge in [0.15, 0.2) is 11.5 Å². The Bertz CT molecular complexity index is 744. The molecule has 2 aromatic carbocycles. The molecule has 0 radical (unpaired) electrons. The highest BCUT2D eigenvalue weighted by Gasteiger charge is 2.12. The SMILES string of the molecule is C#CCOc1c(CC=C)cc(CNc2cccc(C)c2)cc1OC. The Labute approximate surface area is 144 Å². The Morgan fingerprint density at radius 2 is 2.12 bits per heavy atom. The summed E-state index contributed by atoms with van der Waals surface area (Å²) in [7, 11) is 1.63. The molecule has 0 saturated carbocycles. The second kappa shape index (κ2) is 8.69. The zero-order valence-corrected chi connectivity index (χ0v) is 14.3. The summed E-state index contributed by atoms with van der Waals surface area (Å²) in [5.74, 6) is 3.86. The minimum Gasteiger partial charge on any atom is -0.493 e. The summed E-state index contributed by atoms with van der Waals surface area (Å²) in [6.07, 6.45) is 7.83. The highest BCUT2D eigenvalue weighted by Crippen LogP contribution is 2.33. The number of allylic oxidation sites excluding steroid dienone is 1. The van der Waals surface area contributed by atoms with E-state index in [1.54, 1.807) is 7.11 Å². The van der Waals surface area contributed by atoms with E-state index in [4.69, 9.17) is 15.9 Å². The molecule has 0 spiro atoms. The van der Waals surface area contributed by atoms with Crippen LogP contribution in [0.1, 0.15) is 16.7 Å². The number of terminal acetylenes is 1. The lowest BCUT2D eigenvalue weighted by atomic mass is 10.1. The Morgan fingerprint density at radius 3 is 2.79 bits per heavy atom. The van der Waals surface area contributed by atoms with Crippen LogP contribution in [-0.4, -0.2) is 13.7 Å². The zero-order valence-electron chi connectivity index (χ0n) is 14.3. The molecule has 2 aromatic rings. The van der Waals surface area contributed by atoms with Gasteiger partial charge in [-0.3, -0.25) is 0 Å². The van der Waals surface area contributed by atoms with Crippen molar-refractivity contribution in [2.24, 2.45) is 0 Å². The molecule has 3 nitrogen and oxygen atoms in total. The molecule has 24 heavy (non-hydrogen) atoms. The highest BCUT2D eigenvalue weighted by atomic mass is 16.5. The van der Waals surface area contributed by atoms with Crippen molar-refractivity contribution in [3.63, 3.8) is 0 Å². The van der Waals surface area contributed by atoms with Crippen LogP contribution in [0.4, 0.5) is 5.69 Å². The summed E-state index contributed by atoms with van der Waals surface area (Å²) in [5, 5.41) is 3.43. The molecular weight excluding hydrogens is 298 g/mol. The number of nitrogens with one attached hydrogen (secondary N) is 1. The molecule has 0 amide bonds. The summed E-state index contributed by atoms with van der Waals surface area (Å²) in [6.45, 7) is 6.79. The van der Waals surface area contributed by atoms with Gasteiger partial charge in [0.1, 0.15) is 6.61 Å². The van der Waals surface area contributed by atoms with E-state index < -0.39 is 0 Å². The molecule has 3 heteroatoms. The zero-order chi connectivity index (χ0) is 17.4. The number of hydrogen-bond donors (Lipinski definition) is 1. The van der Waals surface area contributed by atoms with Crippen molar-refractivity contribution >= 4 is 5.69 Å². The van der Waals surface area contributed by atoms with Gasteiger partial charge in [0.2, 0.25) is 0 Å². The van der Waals surface area contributed by atoms with Gasteiger partial charge < -0.3 is 14.8 Å². The van der Waals surface area contributed by atoms with E-state index in [1.807, 2.05) is 18.2 Å². The topological polar surface area (TPSA) is 30.5 Å². The van der Waals surface area contributed by atoms with E-state index in [2.05, 4.69) is 49.0 Å². The van der Waals surface area contributed by atoms with Crippen LogP contribution in [0.5, 0.6) is 11.5 Å². The lowest BCUT2D eigenvalue weighted by Gasteiger charge is -2.16. The van der Waals surface area contributed by atoms with Crippen LogP contribution in [0.25, 0.3) is 0 Å². The first-order valence-corrected chi connectivity index (χ1v) is 7.85. The minimum absolute atomic E-state index is 0.210. The van der Waals surface area contributed by atoms with Gasteiger partial charge in [0, 0.05) is 17.8 Å². The molecule has 0 aliphatic carbocycles. The maximum atomic E-state index is 5.67. The molecule has 1 N–H and O–H groups in total. The van der Waals surface area contributed by atoms with Crippen molar-refractivity contribution in [2.75, 3.05) is 19.0 Å². The van der Waals surface area contributed by atoms with Crippen LogP contribution < -0.4 is 14.8 Å². The van der Waals surface area contributed by atoms with Gasteiger partial charge in [-0.15, -0.1) is 13.0 Å². The van der Waals surface area contributed by atoms with Crippen molar-refractivity contribution in [1.82, 2.24) is 0 Å². The fourth-order valence-corrected chi connectivity index (χ4v) is 2.52. The smallest absolute Gasteiger partial charge is 0.166 e. The monoisotopic (exact) mass is 321 g/mol. The van der Waals surface area contributed by atoms with Gasteiger partial charge in [0.05, 0.1) is 7.11 Å². The van der Waals surface area contributed by atoms with E-state index in [1.165, 1.54) is 5.56 Å². The maximum absolute atomic E-state index is 5.67. The molecule has 0 atom stereocenters. The van der Waals surface area contributed by atoms with Crippen LogP contribution in [0.3, 0.4) is 0 Å². The number of anilines is 1. The third-order valence-corrected chi connectivity index (χ3v) is 3.59. The lowest BCUT2D eigenvalue weighted by Crippen LogP contribution is -2.05. The van der Waals surface area contributed by atoms with Gasteiger partial charge >= 0.3 is 0 Å². The molecule has 0 unspecified atom stereocenters. The Kier molecular flexibility index (Phi) is 6.33. The van der Waals surface area contributed by atoms with Crippen molar-refractivity contribution in [3.8, 4) is 23.8 Å². The molecule has 0 aliphatic heterocycles. The second-order valence-electron chi connectivity index (χ2n) is 5.49. The predicted octanol–water partition coefficient (Wildman–Crippen LogP) is 4.36. The van der Waals surface area contributed by atoms with Crippen LogP contribution >= 0.6 is 0 Å². The molecule has 0 aliphatic rings. The molecule has 0 saturated heterocycles. The largest absolute Gasteiger partial charge is 0.493 e. The lowest BCUT2D eigenvalue weighted by molar-refractivity contribution is 0.328. The number of methoxy groups -OCH3 is 1. The number of aryl methyl sites for hydroxylation is 1. The highest BCUT2D eigenvalue weighted by molar-refractivity contribution is 5.52. The number of rotatable bonds is 8. The van der Waals surface area contributed by atoms with Crippen molar-refractivity contribution in [3.05, 3.63) is 65.7 Å². The van der Waals surface area contributed by atoms with E-state index in [0.717, 1.165) is 16.8 Å². The number of hydrogen-bond acceptors (Lipinski definition) is 3. The Balaban J connectivity index is 2.24. The predicted molar refractivity (Wildman–Crippen MR) is 99.7 cm³/mol. The van der Waals surface area contributed by atoms with Crippen molar-refractivity contribution in [1.29, 1.82) is 0 Å². The number of ether oxygens (including phenoxy) is 2. The quantitative estimate of drug-likeness (QED) is 0.579. The summed E-state index contributed by atoms with van der Waals surface area (Å²) in [5.41, 5.74) is 4.44. The molecule has 0 bridgehead atoms. The van der Waals surface area contributed by atoms with Gasteiger partial charge in [-0.25, -0.2) is 0 Å². The van der Waals surface area contributed by atoms with Crippen LogP contribution in [0.2, 0.25) is 0 Å². The van der Waals surface area contributed by atoms with Gasteiger partial charge in [-0.05, 0) is 48.7 Å². The van der Waals surface area contributed by atoms with Crippen LogP contribution in [0.15, 0.2) is 49.1 Å². The fraction of sp³-hybridized carbons (Fsp3) is 0.238. The molecule has 124 valence electrons. The first-order chi connectivity index (χ1) is 11.7. The average molecular weight is 321 g/mol. The molecule has 0 heterocycles. The summed E-state index contributed by atoms with van der Waals surface area (Å²) < 4.78 is 11.2. The summed E-state index contributed by atoms with van der Waals surface area (Å²) in [6, 6.07) is 12.4. The normalized spacial score (nSPS) is 9.88. The third-order valence-electron chi connectivity index (χ3n) is 3.59. The number of benzene rings is 2. The van der Waals surface area contributed by atoms with E-state index in [9.17, 15) is 0 Å². The van der Waals surface area contributed by atoms with Gasteiger partial charge in [0.25, 0.3) is 0 Å². The third kappa shape index (κ3) is 4.57. The fourth-order valence-electron chi connectivity index (χ4n) is 2.52. The Morgan fingerprint density at radius 1 is 1.29 bits per heavy atom. The van der Waals surface area contributed by atoms with Crippen molar-refractivity contribution < 1.29 is 9.47 Å². The van der Waals surface area contributed by atoms with Gasteiger partial charge in [-0.2, -0.15) is 0 Å². The molecule has 0 fully saturated rings. The van der Waals surface area contributed by atoms with Crippen molar-refractivity contribution in [2.45, 2.75) is 19.9 Å². The summed E-state index contributed by atoms with van der Waals surface area (Å²) in [4.78, 5) is 0. The van der Waals surface area contributed by atoms with Crippen LogP contribution in [0, 0.1) is 19.3 Å². The first-order valence-electron chi connectivity index (χ1n) is 7.85. The van der Waals surface area contributed by atoms with Crippen LogP contribution in [-0.2, 0) is 13.0 Å². The summed E-state index contributed by atoms with van der Waals surface area (Å²) >= 11 is 0.